The molecule has 15 heavy (non-hydrogen) atoms. The average molecular weight is 199 g/mol. The van der Waals surface area contributed by atoms with E-state index in [1.165, 1.54) is 4.90 Å². The zero-order valence-electron chi connectivity index (χ0n) is 8.18. The van der Waals surface area contributed by atoms with Crippen LogP contribution >= 0.6 is 0 Å². The van der Waals surface area contributed by atoms with Gasteiger partial charge in [-0.25, -0.2) is 0 Å². The molecule has 2 aromatic rings. The summed E-state index contributed by atoms with van der Waals surface area (Å²) in [6, 6.07) is 5.51. The van der Waals surface area contributed by atoms with Crippen LogP contribution in [0.1, 0.15) is 0 Å². The zero-order chi connectivity index (χ0) is 10.7. The summed E-state index contributed by atoms with van der Waals surface area (Å²) in [5.74, 6) is 0.539. The fourth-order valence-electron chi connectivity index (χ4n) is 1.19. The van der Waals surface area contributed by atoms with E-state index in [4.69, 9.17) is 5.26 Å². The first-order valence-electron chi connectivity index (χ1n) is 4.41. The quantitative estimate of drug-likeness (QED) is 0.586. The predicted octanol–water partition coefficient (Wildman–Crippen LogP) is 1.39. The second-order valence-corrected chi connectivity index (χ2v) is 3.04. The Morgan fingerprint density at radius 2 is 2.20 bits per heavy atom. The van der Waals surface area contributed by atoms with E-state index < -0.39 is 0 Å². The molecule has 0 radical (unpaired) electrons. The Kier molecular flexibility index (Phi) is 2.33. The van der Waals surface area contributed by atoms with Crippen LogP contribution in [0.15, 0.2) is 30.6 Å². The van der Waals surface area contributed by atoms with Crippen LogP contribution in [-0.4, -0.2) is 22.2 Å². The number of anilines is 1. The number of hydrogen-bond donors (Lipinski definition) is 1. The lowest BCUT2D eigenvalue weighted by Crippen LogP contribution is -2.10. The van der Waals surface area contributed by atoms with Gasteiger partial charge in [0, 0.05) is 25.0 Å². The molecule has 2 aromatic heterocycles. The lowest BCUT2D eigenvalue weighted by atomic mass is 10.2. The molecule has 2 heterocycles. The van der Waals surface area contributed by atoms with E-state index in [2.05, 4.69) is 15.2 Å². The van der Waals surface area contributed by atoms with Crippen molar-refractivity contribution in [3.63, 3.8) is 0 Å². The highest BCUT2D eigenvalue weighted by molar-refractivity contribution is 5.58. The van der Waals surface area contributed by atoms with Gasteiger partial charge in [0.05, 0.1) is 5.69 Å². The van der Waals surface area contributed by atoms with Gasteiger partial charge in [0.15, 0.2) is 12.0 Å². The molecule has 0 spiro atoms. The molecule has 0 atom stereocenters. The lowest BCUT2D eigenvalue weighted by molar-refractivity contribution is 0.994. The van der Waals surface area contributed by atoms with Crippen LogP contribution in [0.25, 0.3) is 11.3 Å². The van der Waals surface area contributed by atoms with Crippen LogP contribution in [0.5, 0.6) is 0 Å². The predicted molar refractivity (Wildman–Crippen MR) is 55.8 cm³/mol. The monoisotopic (exact) mass is 199 g/mol. The number of aromatic amines is 1. The van der Waals surface area contributed by atoms with Gasteiger partial charge in [-0.1, -0.05) is 0 Å². The minimum Gasteiger partial charge on any atom is -0.367 e. The summed E-state index contributed by atoms with van der Waals surface area (Å²) >= 11 is 0. The zero-order valence-corrected chi connectivity index (χ0v) is 8.18. The minimum atomic E-state index is 0.539. The third kappa shape index (κ3) is 1.79. The summed E-state index contributed by atoms with van der Waals surface area (Å²) in [5, 5.41) is 16.6. The first-order chi connectivity index (χ1) is 7.31. The van der Waals surface area contributed by atoms with E-state index in [1.807, 2.05) is 30.7 Å². The highest BCUT2D eigenvalue weighted by Crippen LogP contribution is 2.16. The average Bonchev–Trinajstić information content (AvgIpc) is 2.82. The first kappa shape index (κ1) is 9.21. The van der Waals surface area contributed by atoms with Crippen molar-refractivity contribution in [1.82, 2.24) is 15.2 Å². The van der Waals surface area contributed by atoms with Gasteiger partial charge in [0.25, 0.3) is 0 Å². The molecule has 5 heteroatoms. The summed E-state index contributed by atoms with van der Waals surface area (Å²) in [6.45, 7) is 0. The normalized spacial score (nSPS) is 9.60. The molecule has 0 bridgehead atoms. The first-order valence-corrected chi connectivity index (χ1v) is 4.41. The SMILES string of the molecule is CN(C#N)c1ccc(-c2cc[nH]c2)nn1. The van der Waals surface area contributed by atoms with Gasteiger partial charge in [-0.3, -0.25) is 4.90 Å². The molecule has 2 rings (SSSR count). The van der Waals surface area contributed by atoms with Crippen molar-refractivity contribution in [2.45, 2.75) is 0 Å². The molecule has 0 aliphatic heterocycles. The second-order valence-electron chi connectivity index (χ2n) is 3.04. The number of nitriles is 1. The molecule has 0 aromatic carbocycles. The molecule has 0 unspecified atom stereocenters. The number of aromatic nitrogens is 3. The second kappa shape index (κ2) is 3.80. The van der Waals surface area contributed by atoms with Crippen molar-refractivity contribution >= 4 is 5.82 Å². The Morgan fingerprint density at radius 3 is 2.73 bits per heavy atom. The van der Waals surface area contributed by atoms with Crippen molar-refractivity contribution in [1.29, 1.82) is 5.26 Å². The largest absolute Gasteiger partial charge is 0.367 e. The number of nitrogens with zero attached hydrogens (tertiary/aromatic N) is 4. The molecule has 5 nitrogen and oxygen atoms in total. The van der Waals surface area contributed by atoms with Crippen LogP contribution in [0.2, 0.25) is 0 Å². The Balaban J connectivity index is 2.30. The lowest BCUT2D eigenvalue weighted by Gasteiger charge is -2.05. The van der Waals surface area contributed by atoms with Crippen LogP contribution in [0, 0.1) is 11.5 Å². The summed E-state index contributed by atoms with van der Waals surface area (Å²) < 4.78 is 0. The van der Waals surface area contributed by atoms with Crippen molar-refractivity contribution in [3.8, 4) is 17.5 Å². The van der Waals surface area contributed by atoms with E-state index in [0.29, 0.717) is 5.82 Å². The molecule has 0 saturated carbocycles. The number of hydrogen-bond acceptors (Lipinski definition) is 4. The Labute approximate surface area is 87.0 Å². The summed E-state index contributed by atoms with van der Waals surface area (Å²) in [5.41, 5.74) is 1.76. The summed E-state index contributed by atoms with van der Waals surface area (Å²) in [4.78, 5) is 4.30. The third-order valence-corrected chi connectivity index (χ3v) is 2.04. The van der Waals surface area contributed by atoms with Gasteiger partial charge < -0.3 is 4.98 Å². The van der Waals surface area contributed by atoms with E-state index in [-0.39, 0.29) is 0 Å². The topological polar surface area (TPSA) is 68.6 Å². The van der Waals surface area contributed by atoms with Gasteiger partial charge in [-0.15, -0.1) is 10.2 Å². The Bertz CT molecular complexity index is 466. The maximum absolute atomic E-state index is 8.64. The van der Waals surface area contributed by atoms with E-state index in [9.17, 15) is 0 Å². The molecule has 1 N–H and O–H groups in total. The highest BCUT2D eigenvalue weighted by atomic mass is 15.2. The highest BCUT2D eigenvalue weighted by Gasteiger charge is 2.03. The van der Waals surface area contributed by atoms with E-state index in [1.54, 1.807) is 13.1 Å². The molecular weight excluding hydrogens is 190 g/mol. The van der Waals surface area contributed by atoms with Crippen molar-refractivity contribution in [3.05, 3.63) is 30.6 Å². The fraction of sp³-hybridized carbons (Fsp3) is 0.100. The molecule has 0 fully saturated rings. The summed E-state index contributed by atoms with van der Waals surface area (Å²) in [7, 11) is 1.64. The number of rotatable bonds is 2. The van der Waals surface area contributed by atoms with Crippen molar-refractivity contribution < 1.29 is 0 Å². The molecule has 0 aliphatic carbocycles. The maximum Gasteiger partial charge on any atom is 0.185 e. The fourth-order valence-corrected chi connectivity index (χ4v) is 1.19. The van der Waals surface area contributed by atoms with Crippen LogP contribution < -0.4 is 4.90 Å². The maximum atomic E-state index is 8.64. The van der Waals surface area contributed by atoms with Crippen LogP contribution in [-0.2, 0) is 0 Å². The van der Waals surface area contributed by atoms with Crippen LogP contribution in [0.4, 0.5) is 5.82 Å². The van der Waals surface area contributed by atoms with Gasteiger partial charge >= 0.3 is 0 Å². The number of nitrogens with one attached hydrogen (secondary N) is 1. The summed E-state index contributed by atoms with van der Waals surface area (Å²) in [6.07, 6.45) is 5.63. The molecular formula is C10H9N5. The van der Waals surface area contributed by atoms with Gasteiger partial charge in [0.2, 0.25) is 0 Å². The Hall–Kier alpha value is -2.35. The van der Waals surface area contributed by atoms with Gasteiger partial charge in [0.1, 0.15) is 0 Å². The van der Waals surface area contributed by atoms with Crippen molar-refractivity contribution in [2.24, 2.45) is 0 Å². The van der Waals surface area contributed by atoms with Gasteiger partial charge in [-0.05, 0) is 18.2 Å². The standard InChI is InChI=1S/C10H9N5/c1-15(7-11)10-3-2-9(13-14-10)8-4-5-12-6-8/h2-6,12H,1H3. The van der Waals surface area contributed by atoms with E-state index >= 15 is 0 Å². The van der Waals surface area contributed by atoms with Crippen LogP contribution in [0.3, 0.4) is 0 Å². The Morgan fingerprint density at radius 1 is 1.33 bits per heavy atom. The third-order valence-electron chi connectivity index (χ3n) is 2.04. The van der Waals surface area contributed by atoms with Crippen molar-refractivity contribution in [2.75, 3.05) is 11.9 Å². The minimum absolute atomic E-state index is 0.539. The van der Waals surface area contributed by atoms with Gasteiger partial charge in [-0.2, -0.15) is 5.26 Å². The molecule has 0 amide bonds. The molecule has 0 saturated heterocycles. The number of H-pyrrole nitrogens is 1. The molecule has 0 aliphatic rings. The molecule has 74 valence electrons. The smallest absolute Gasteiger partial charge is 0.185 e. The van der Waals surface area contributed by atoms with E-state index in [0.717, 1.165) is 11.3 Å².